The molecule has 0 aliphatic rings. The van der Waals surface area contributed by atoms with Crippen molar-refractivity contribution in [2.75, 3.05) is 30.5 Å². The average molecular weight is 312 g/mol. The summed E-state index contributed by atoms with van der Waals surface area (Å²) in [5, 5.41) is 3.39. The highest BCUT2D eigenvalue weighted by Gasteiger charge is 2.18. The van der Waals surface area contributed by atoms with Gasteiger partial charge in [0.1, 0.15) is 5.82 Å². The molecule has 0 fully saturated rings. The Bertz CT molecular complexity index is 451. The van der Waals surface area contributed by atoms with E-state index in [1.165, 1.54) is 0 Å². The summed E-state index contributed by atoms with van der Waals surface area (Å²) in [5.74, 6) is 1.02. The Hall–Kier alpha value is -0.740. The number of hydrogen-bond acceptors (Lipinski definition) is 3. The van der Waals surface area contributed by atoms with Gasteiger partial charge in [0, 0.05) is 24.8 Å². The number of thioether (sulfide) groups is 1. The molecule has 0 aliphatic heterocycles. The molecule has 2 atom stereocenters. The van der Waals surface area contributed by atoms with Crippen LogP contribution < -0.4 is 10.2 Å². The van der Waals surface area contributed by atoms with Gasteiger partial charge in [-0.15, -0.1) is 0 Å². The predicted octanol–water partition coefficient (Wildman–Crippen LogP) is 4.38. The molecule has 0 bridgehead atoms. The Morgan fingerprint density at radius 2 is 2.00 bits per heavy atom. The van der Waals surface area contributed by atoms with Gasteiger partial charge in [0.2, 0.25) is 0 Å². The van der Waals surface area contributed by atoms with E-state index in [2.05, 4.69) is 44.3 Å². The van der Waals surface area contributed by atoms with Crippen molar-refractivity contribution in [3.8, 4) is 0 Å². The summed E-state index contributed by atoms with van der Waals surface area (Å²) >= 11 is 1.87. The Kier molecular flexibility index (Phi) is 7.53. The monoisotopic (exact) mass is 312 g/mol. The molecule has 0 saturated carbocycles. The molecule has 0 saturated heterocycles. The lowest BCUT2D eigenvalue weighted by Crippen LogP contribution is -2.31. The lowest BCUT2D eigenvalue weighted by molar-refractivity contribution is 0.574. The minimum atomic E-state index is -0.122. The number of hydrogen-bond donors (Lipinski definition) is 1. The smallest absolute Gasteiger partial charge is 0.126 e. The van der Waals surface area contributed by atoms with Crippen molar-refractivity contribution in [3.05, 3.63) is 29.1 Å². The van der Waals surface area contributed by atoms with Crippen LogP contribution in [0.15, 0.2) is 12.1 Å². The molecule has 120 valence electrons. The molecule has 0 spiro atoms. The highest BCUT2D eigenvalue weighted by atomic mass is 32.2. The van der Waals surface area contributed by atoms with Crippen molar-refractivity contribution in [2.45, 2.75) is 46.2 Å². The zero-order valence-electron chi connectivity index (χ0n) is 14.2. The van der Waals surface area contributed by atoms with Crippen LogP contribution in [0.1, 0.15) is 44.4 Å². The van der Waals surface area contributed by atoms with E-state index >= 15 is 0 Å². The second-order valence-electron chi connectivity index (χ2n) is 5.68. The third-order valence-electron chi connectivity index (χ3n) is 4.07. The fourth-order valence-electron chi connectivity index (χ4n) is 2.47. The third-order valence-corrected chi connectivity index (χ3v) is 4.71. The lowest BCUT2D eigenvalue weighted by atomic mass is 10.0. The normalized spacial score (nSPS) is 14.0. The first-order valence-corrected chi connectivity index (χ1v) is 9.06. The molecule has 0 amide bonds. The molecule has 4 heteroatoms. The molecule has 1 aromatic carbocycles. The van der Waals surface area contributed by atoms with Crippen molar-refractivity contribution in [3.63, 3.8) is 0 Å². The summed E-state index contributed by atoms with van der Waals surface area (Å²) in [6.07, 6.45) is 3.26. The van der Waals surface area contributed by atoms with Gasteiger partial charge in [0.25, 0.3) is 0 Å². The fourth-order valence-corrected chi connectivity index (χ4v) is 3.05. The number of nitrogens with zero attached hydrogens (tertiary/aromatic N) is 1. The van der Waals surface area contributed by atoms with E-state index in [4.69, 9.17) is 0 Å². The minimum absolute atomic E-state index is 0.122. The number of aryl methyl sites for hydroxylation is 1. The van der Waals surface area contributed by atoms with Gasteiger partial charge in [-0.05, 0) is 69.0 Å². The van der Waals surface area contributed by atoms with Crippen LogP contribution in [-0.2, 0) is 0 Å². The van der Waals surface area contributed by atoms with Gasteiger partial charge in [0.05, 0.1) is 0 Å². The van der Waals surface area contributed by atoms with E-state index in [0.717, 1.165) is 30.0 Å². The second kappa shape index (κ2) is 8.64. The van der Waals surface area contributed by atoms with Crippen molar-refractivity contribution < 1.29 is 4.39 Å². The highest BCUT2D eigenvalue weighted by molar-refractivity contribution is 7.98. The molecule has 1 N–H and O–H groups in total. The van der Waals surface area contributed by atoms with Gasteiger partial charge >= 0.3 is 0 Å². The molecular weight excluding hydrogens is 283 g/mol. The van der Waals surface area contributed by atoms with Gasteiger partial charge < -0.3 is 10.2 Å². The van der Waals surface area contributed by atoms with Gasteiger partial charge in [-0.2, -0.15) is 11.8 Å². The first kappa shape index (κ1) is 18.3. The third kappa shape index (κ3) is 4.89. The van der Waals surface area contributed by atoms with Crippen LogP contribution in [0.25, 0.3) is 0 Å². The second-order valence-corrected chi connectivity index (χ2v) is 6.67. The molecule has 2 nitrogen and oxygen atoms in total. The zero-order chi connectivity index (χ0) is 16.0. The summed E-state index contributed by atoms with van der Waals surface area (Å²) in [6, 6.07) is 4.26. The predicted molar refractivity (Wildman–Crippen MR) is 94.1 cm³/mol. The van der Waals surface area contributed by atoms with Gasteiger partial charge in [-0.1, -0.05) is 6.92 Å². The van der Waals surface area contributed by atoms with Crippen LogP contribution in [0, 0.1) is 12.7 Å². The van der Waals surface area contributed by atoms with E-state index in [9.17, 15) is 4.39 Å². The van der Waals surface area contributed by atoms with Gasteiger partial charge in [-0.25, -0.2) is 4.39 Å². The highest BCUT2D eigenvalue weighted by Crippen LogP contribution is 2.30. The Morgan fingerprint density at radius 1 is 1.33 bits per heavy atom. The van der Waals surface area contributed by atoms with Crippen molar-refractivity contribution >= 4 is 17.4 Å². The molecule has 21 heavy (non-hydrogen) atoms. The summed E-state index contributed by atoms with van der Waals surface area (Å²) < 4.78 is 14.0. The quantitative estimate of drug-likeness (QED) is 0.767. The van der Waals surface area contributed by atoms with Crippen LogP contribution in [0.4, 0.5) is 10.1 Å². The van der Waals surface area contributed by atoms with Gasteiger partial charge in [0.15, 0.2) is 0 Å². The maximum Gasteiger partial charge on any atom is 0.126 e. The van der Waals surface area contributed by atoms with E-state index in [0.29, 0.717) is 11.6 Å². The SMILES string of the molecule is CCNC(C)c1cc(F)c(C)cc1N(C)C(C)CCSC. The van der Waals surface area contributed by atoms with E-state index < -0.39 is 0 Å². The van der Waals surface area contributed by atoms with Crippen LogP contribution in [0.3, 0.4) is 0 Å². The molecular formula is C17H29FN2S. The lowest BCUT2D eigenvalue weighted by Gasteiger charge is -2.31. The Labute approximate surface area is 133 Å². The van der Waals surface area contributed by atoms with Crippen molar-refractivity contribution in [1.29, 1.82) is 0 Å². The van der Waals surface area contributed by atoms with Crippen LogP contribution in [0.2, 0.25) is 0 Å². The van der Waals surface area contributed by atoms with Crippen molar-refractivity contribution in [1.82, 2.24) is 5.32 Å². The average Bonchev–Trinajstić information content (AvgIpc) is 2.46. The van der Waals surface area contributed by atoms with E-state index in [-0.39, 0.29) is 11.9 Å². The first-order valence-electron chi connectivity index (χ1n) is 7.67. The first-order chi connectivity index (χ1) is 9.92. The van der Waals surface area contributed by atoms with Gasteiger partial charge in [-0.3, -0.25) is 0 Å². The summed E-state index contributed by atoms with van der Waals surface area (Å²) in [5.41, 5.74) is 2.88. The Balaban J connectivity index is 3.10. The standard InChI is InChI=1S/C17H29FN2S/c1-7-19-14(4)15-11-16(18)12(2)10-17(15)20(5)13(3)8-9-21-6/h10-11,13-14,19H,7-9H2,1-6H3. The number of halogens is 1. The molecule has 0 aliphatic carbocycles. The van der Waals surface area contributed by atoms with Crippen LogP contribution >= 0.6 is 11.8 Å². The Morgan fingerprint density at radius 3 is 2.57 bits per heavy atom. The summed E-state index contributed by atoms with van der Waals surface area (Å²) in [6.45, 7) is 9.11. The molecule has 0 radical (unpaired) electrons. The fraction of sp³-hybridized carbons (Fsp3) is 0.647. The molecule has 1 rings (SSSR count). The molecule has 1 aromatic rings. The largest absolute Gasteiger partial charge is 0.372 e. The summed E-state index contributed by atoms with van der Waals surface area (Å²) in [4.78, 5) is 2.28. The summed E-state index contributed by atoms with van der Waals surface area (Å²) in [7, 11) is 2.11. The number of anilines is 1. The van der Waals surface area contributed by atoms with E-state index in [1.54, 1.807) is 6.07 Å². The van der Waals surface area contributed by atoms with Crippen LogP contribution in [0.5, 0.6) is 0 Å². The maximum absolute atomic E-state index is 14.0. The number of nitrogens with one attached hydrogen (secondary N) is 1. The number of rotatable bonds is 8. The topological polar surface area (TPSA) is 15.3 Å². The molecule has 0 heterocycles. The molecule has 2 unspecified atom stereocenters. The molecule has 0 aromatic heterocycles. The maximum atomic E-state index is 14.0. The zero-order valence-corrected chi connectivity index (χ0v) is 15.0. The number of benzene rings is 1. The van der Waals surface area contributed by atoms with Crippen molar-refractivity contribution in [2.24, 2.45) is 0 Å². The minimum Gasteiger partial charge on any atom is -0.372 e. The van der Waals surface area contributed by atoms with Crippen LogP contribution in [-0.4, -0.2) is 31.6 Å². The van der Waals surface area contributed by atoms with E-state index in [1.807, 2.05) is 24.8 Å².